The molecule has 160 valence electrons. The summed E-state index contributed by atoms with van der Waals surface area (Å²) >= 11 is -4.07. The molecule has 4 aliphatic carbocycles. The molecule has 0 aromatic rings. The summed E-state index contributed by atoms with van der Waals surface area (Å²) in [5.41, 5.74) is 0. The third kappa shape index (κ3) is 6.42. The first-order valence-electron chi connectivity index (χ1n) is 11.8. The zero-order valence-corrected chi connectivity index (χ0v) is 19.3. The van der Waals surface area contributed by atoms with Crippen LogP contribution < -0.4 is 0 Å². The molecular formula is C24H36O4Ti. The average molecular weight is 436 g/mol. The average Bonchev–Trinajstić information content (AvgIpc) is 2.76. The summed E-state index contributed by atoms with van der Waals surface area (Å²) < 4.78 is 26.6. The van der Waals surface area contributed by atoms with E-state index in [0.717, 1.165) is 100 Å². The van der Waals surface area contributed by atoms with Crippen LogP contribution in [0.3, 0.4) is 0 Å². The minimum absolute atomic E-state index is 0.959. The second-order valence-corrected chi connectivity index (χ2v) is 11.4. The van der Waals surface area contributed by atoms with Gasteiger partial charge in [-0.25, -0.2) is 0 Å². The van der Waals surface area contributed by atoms with Crippen LogP contribution in [-0.4, -0.2) is 0 Å². The SMILES string of the molecule is C1=C([O][Ti]([O]C2=CCCCC2)([O]C2=CCCCC2)[O]C2=CCCCC2)CCCC1. The van der Waals surface area contributed by atoms with Gasteiger partial charge in [-0.15, -0.1) is 0 Å². The summed E-state index contributed by atoms with van der Waals surface area (Å²) in [7, 11) is 0. The van der Waals surface area contributed by atoms with E-state index in [4.69, 9.17) is 13.3 Å². The molecule has 0 aliphatic heterocycles. The molecule has 0 atom stereocenters. The van der Waals surface area contributed by atoms with E-state index in [1.165, 1.54) is 25.7 Å². The van der Waals surface area contributed by atoms with Gasteiger partial charge in [0, 0.05) is 0 Å². The van der Waals surface area contributed by atoms with Crippen LogP contribution >= 0.6 is 0 Å². The Labute approximate surface area is 181 Å². The number of allylic oxidation sites excluding steroid dienone is 8. The Bertz CT molecular complexity index is 559. The molecule has 5 heteroatoms. The van der Waals surface area contributed by atoms with Crippen LogP contribution in [0, 0.1) is 0 Å². The fourth-order valence-electron chi connectivity index (χ4n) is 4.37. The van der Waals surface area contributed by atoms with E-state index in [9.17, 15) is 0 Å². The van der Waals surface area contributed by atoms with Crippen molar-refractivity contribution >= 4 is 0 Å². The zero-order chi connectivity index (χ0) is 19.8. The molecule has 0 radical (unpaired) electrons. The molecule has 0 aromatic heterocycles. The topological polar surface area (TPSA) is 36.9 Å². The van der Waals surface area contributed by atoms with E-state index >= 15 is 0 Å². The second-order valence-electron chi connectivity index (χ2n) is 8.57. The third-order valence-electron chi connectivity index (χ3n) is 6.02. The van der Waals surface area contributed by atoms with Gasteiger partial charge < -0.3 is 0 Å². The predicted octanol–water partition coefficient (Wildman–Crippen LogP) is 7.70. The fraction of sp³-hybridized carbons (Fsp3) is 0.667. The minimum atomic E-state index is -4.07. The van der Waals surface area contributed by atoms with Crippen molar-refractivity contribution in [2.45, 2.75) is 103 Å². The Morgan fingerprint density at radius 2 is 0.690 bits per heavy atom. The van der Waals surface area contributed by atoms with Crippen molar-refractivity contribution in [1.82, 2.24) is 0 Å². The summed E-state index contributed by atoms with van der Waals surface area (Å²) in [6, 6.07) is 0. The number of hydrogen-bond donors (Lipinski definition) is 0. The fourth-order valence-corrected chi connectivity index (χ4v) is 7.93. The first-order chi connectivity index (χ1) is 14.3. The van der Waals surface area contributed by atoms with Gasteiger partial charge in [-0.2, -0.15) is 0 Å². The van der Waals surface area contributed by atoms with E-state index in [1.807, 2.05) is 0 Å². The van der Waals surface area contributed by atoms with Crippen molar-refractivity contribution in [2.24, 2.45) is 0 Å². The van der Waals surface area contributed by atoms with E-state index in [0.29, 0.717) is 0 Å². The van der Waals surface area contributed by atoms with E-state index < -0.39 is 18.1 Å². The van der Waals surface area contributed by atoms with Gasteiger partial charge in [-0.05, 0) is 0 Å². The summed E-state index contributed by atoms with van der Waals surface area (Å²) in [6.45, 7) is 0. The molecule has 0 fully saturated rings. The molecule has 4 nitrogen and oxygen atoms in total. The molecule has 0 unspecified atom stereocenters. The molecule has 0 aromatic carbocycles. The monoisotopic (exact) mass is 436 g/mol. The van der Waals surface area contributed by atoms with Gasteiger partial charge in [0.1, 0.15) is 0 Å². The Kier molecular flexibility index (Phi) is 7.84. The first-order valence-corrected chi connectivity index (χ1v) is 14.4. The number of rotatable bonds is 8. The molecule has 0 spiro atoms. The predicted molar refractivity (Wildman–Crippen MR) is 111 cm³/mol. The summed E-state index contributed by atoms with van der Waals surface area (Å²) in [4.78, 5) is 0. The molecule has 4 aliphatic rings. The zero-order valence-electron chi connectivity index (χ0n) is 17.8. The first kappa shape index (κ1) is 21.1. The van der Waals surface area contributed by atoms with Crippen LogP contribution in [0.1, 0.15) is 103 Å². The quantitative estimate of drug-likeness (QED) is 0.365. The van der Waals surface area contributed by atoms with Crippen molar-refractivity contribution in [3.63, 3.8) is 0 Å². The van der Waals surface area contributed by atoms with Crippen molar-refractivity contribution in [3.05, 3.63) is 47.3 Å². The summed E-state index contributed by atoms with van der Waals surface area (Å²) in [6.07, 6.45) is 26.6. The molecule has 4 rings (SSSR count). The van der Waals surface area contributed by atoms with Crippen molar-refractivity contribution < 1.29 is 31.4 Å². The third-order valence-corrected chi connectivity index (χ3v) is 9.22. The second kappa shape index (κ2) is 10.8. The Hall–Kier alpha value is -1.13. The van der Waals surface area contributed by atoms with Gasteiger partial charge in [0.25, 0.3) is 0 Å². The standard InChI is InChI=1S/4C6H10O.Ti/c4*7-6-4-2-1-3-5-6;/h4*4,7H,1-3,5H2;/q;;;;+4/p-4. The van der Waals surface area contributed by atoms with E-state index in [1.54, 1.807) is 0 Å². The van der Waals surface area contributed by atoms with Crippen molar-refractivity contribution in [3.8, 4) is 0 Å². The van der Waals surface area contributed by atoms with Gasteiger partial charge >= 0.3 is 181 Å². The summed E-state index contributed by atoms with van der Waals surface area (Å²) in [5.74, 6) is 4.06. The van der Waals surface area contributed by atoms with Crippen molar-refractivity contribution in [1.29, 1.82) is 0 Å². The maximum atomic E-state index is 6.65. The molecular weight excluding hydrogens is 400 g/mol. The van der Waals surface area contributed by atoms with E-state index in [-0.39, 0.29) is 0 Å². The van der Waals surface area contributed by atoms with Gasteiger partial charge in [0.15, 0.2) is 0 Å². The molecule has 0 saturated heterocycles. The van der Waals surface area contributed by atoms with Crippen LogP contribution in [0.15, 0.2) is 47.3 Å². The maximum absolute atomic E-state index is 6.65. The molecule has 0 amide bonds. The molecule has 29 heavy (non-hydrogen) atoms. The van der Waals surface area contributed by atoms with E-state index in [2.05, 4.69) is 24.3 Å². The van der Waals surface area contributed by atoms with Crippen molar-refractivity contribution in [2.75, 3.05) is 0 Å². The Balaban J connectivity index is 1.62. The van der Waals surface area contributed by atoms with Gasteiger partial charge in [-0.1, -0.05) is 0 Å². The number of hydrogen-bond acceptors (Lipinski definition) is 4. The molecule has 0 heterocycles. The van der Waals surface area contributed by atoms with Crippen LogP contribution in [0.4, 0.5) is 0 Å². The van der Waals surface area contributed by atoms with Gasteiger partial charge in [0.2, 0.25) is 0 Å². The molecule has 0 saturated carbocycles. The van der Waals surface area contributed by atoms with Crippen LogP contribution in [-0.2, 0) is 31.4 Å². The molecule has 0 bridgehead atoms. The van der Waals surface area contributed by atoms with Gasteiger partial charge in [-0.3, -0.25) is 0 Å². The van der Waals surface area contributed by atoms with Crippen LogP contribution in [0.5, 0.6) is 0 Å². The van der Waals surface area contributed by atoms with Gasteiger partial charge in [0.05, 0.1) is 0 Å². The van der Waals surface area contributed by atoms with Crippen LogP contribution in [0.2, 0.25) is 0 Å². The Morgan fingerprint density at radius 1 is 0.414 bits per heavy atom. The normalized spacial score (nSPS) is 23.2. The Morgan fingerprint density at radius 3 is 0.897 bits per heavy atom. The molecule has 0 N–H and O–H groups in total. The summed E-state index contributed by atoms with van der Waals surface area (Å²) in [5, 5.41) is 0. The van der Waals surface area contributed by atoms with Crippen LogP contribution in [0.25, 0.3) is 0 Å².